The minimum absolute atomic E-state index is 0.148. The molecule has 100 valence electrons. The van der Waals surface area contributed by atoms with E-state index in [0.717, 1.165) is 16.6 Å². The third-order valence-electron chi connectivity index (χ3n) is 3.65. The van der Waals surface area contributed by atoms with Crippen LogP contribution in [0.1, 0.15) is 16.1 Å². The lowest BCUT2D eigenvalue weighted by molar-refractivity contribution is 0.0572. The predicted octanol–water partition coefficient (Wildman–Crippen LogP) is 0.654. The first kappa shape index (κ1) is 12.2. The molecule has 19 heavy (non-hydrogen) atoms. The highest BCUT2D eigenvalue weighted by molar-refractivity contribution is 6.08. The van der Waals surface area contributed by atoms with Gasteiger partial charge in [0.2, 0.25) is 0 Å². The quantitative estimate of drug-likeness (QED) is 0.704. The Balaban J connectivity index is 2.00. The number of aliphatic hydroxyl groups excluding tert-OH is 2. The minimum atomic E-state index is -0.852. The van der Waals surface area contributed by atoms with Crippen LogP contribution in [0, 0.1) is 6.92 Å². The van der Waals surface area contributed by atoms with Crippen LogP contribution in [-0.4, -0.2) is 51.3 Å². The zero-order valence-corrected chi connectivity index (χ0v) is 10.6. The van der Waals surface area contributed by atoms with Crippen LogP contribution in [0.15, 0.2) is 24.3 Å². The SMILES string of the molecule is Cc1[nH]c2ccccc2c1C(=O)N1CC(O)C(O)C1. The standard InChI is InChI=1S/C14H16N2O3/c1-8-13(9-4-2-3-5-10(9)15-8)14(19)16-6-11(17)12(18)7-16/h2-5,11-12,15,17-18H,6-7H2,1H3. The average Bonchev–Trinajstić information content (AvgIpc) is 2.89. The van der Waals surface area contributed by atoms with Crippen LogP contribution in [-0.2, 0) is 0 Å². The number of amides is 1. The maximum Gasteiger partial charge on any atom is 0.256 e. The molecule has 1 saturated heterocycles. The number of carbonyl (C=O) groups is 1. The van der Waals surface area contributed by atoms with Crippen molar-refractivity contribution in [3.63, 3.8) is 0 Å². The summed E-state index contributed by atoms with van der Waals surface area (Å²) in [5.74, 6) is -0.148. The maximum atomic E-state index is 12.5. The minimum Gasteiger partial charge on any atom is -0.388 e. The molecule has 1 amide bonds. The van der Waals surface area contributed by atoms with E-state index in [9.17, 15) is 15.0 Å². The molecule has 2 aromatic rings. The molecule has 1 aliphatic rings. The Bertz CT molecular complexity index is 625. The number of nitrogens with one attached hydrogen (secondary N) is 1. The summed E-state index contributed by atoms with van der Waals surface area (Å²) in [6.07, 6.45) is -1.70. The second-order valence-corrected chi connectivity index (χ2v) is 5.02. The number of carbonyl (C=O) groups excluding carboxylic acids is 1. The van der Waals surface area contributed by atoms with Crippen LogP contribution in [0.2, 0.25) is 0 Å². The number of H-pyrrole nitrogens is 1. The number of aryl methyl sites for hydroxylation is 1. The Labute approximate surface area is 110 Å². The predicted molar refractivity (Wildman–Crippen MR) is 71.0 cm³/mol. The summed E-state index contributed by atoms with van der Waals surface area (Å²) in [6, 6.07) is 7.62. The zero-order chi connectivity index (χ0) is 13.6. The van der Waals surface area contributed by atoms with E-state index in [4.69, 9.17) is 0 Å². The molecule has 1 aliphatic heterocycles. The third-order valence-corrected chi connectivity index (χ3v) is 3.65. The summed E-state index contributed by atoms with van der Waals surface area (Å²) < 4.78 is 0. The number of hydrogen-bond acceptors (Lipinski definition) is 3. The van der Waals surface area contributed by atoms with Crippen molar-refractivity contribution in [2.45, 2.75) is 19.1 Å². The van der Waals surface area contributed by atoms with E-state index in [-0.39, 0.29) is 19.0 Å². The van der Waals surface area contributed by atoms with E-state index >= 15 is 0 Å². The second kappa shape index (κ2) is 4.36. The van der Waals surface area contributed by atoms with Crippen molar-refractivity contribution in [1.82, 2.24) is 9.88 Å². The van der Waals surface area contributed by atoms with Gasteiger partial charge in [-0.05, 0) is 13.0 Å². The topological polar surface area (TPSA) is 76.6 Å². The maximum absolute atomic E-state index is 12.5. The van der Waals surface area contributed by atoms with Crippen LogP contribution in [0.3, 0.4) is 0 Å². The summed E-state index contributed by atoms with van der Waals surface area (Å²) in [5.41, 5.74) is 2.35. The summed E-state index contributed by atoms with van der Waals surface area (Å²) in [4.78, 5) is 17.2. The van der Waals surface area contributed by atoms with Gasteiger partial charge in [-0.2, -0.15) is 0 Å². The number of para-hydroxylation sites is 1. The van der Waals surface area contributed by atoms with Crippen molar-refractivity contribution in [1.29, 1.82) is 0 Å². The smallest absolute Gasteiger partial charge is 0.256 e. The molecule has 0 bridgehead atoms. The Morgan fingerprint density at radius 3 is 2.58 bits per heavy atom. The fourth-order valence-electron chi connectivity index (χ4n) is 2.65. The highest BCUT2D eigenvalue weighted by Crippen LogP contribution is 2.24. The summed E-state index contributed by atoms with van der Waals surface area (Å²) in [6.45, 7) is 2.22. The Morgan fingerprint density at radius 2 is 1.89 bits per heavy atom. The first-order chi connectivity index (χ1) is 9.08. The number of aromatic amines is 1. The number of β-amino-alcohol motifs (C(OH)–C–C–N with tert-alkyl or cyclic N) is 2. The molecule has 1 aromatic carbocycles. The van der Waals surface area contributed by atoms with Gasteiger partial charge in [0.25, 0.3) is 5.91 Å². The van der Waals surface area contributed by atoms with Crippen LogP contribution in [0.25, 0.3) is 10.9 Å². The van der Waals surface area contributed by atoms with E-state index in [1.54, 1.807) is 0 Å². The Morgan fingerprint density at radius 1 is 1.26 bits per heavy atom. The second-order valence-electron chi connectivity index (χ2n) is 5.02. The highest BCUT2D eigenvalue weighted by atomic mass is 16.3. The molecule has 0 spiro atoms. The molecule has 0 radical (unpaired) electrons. The van der Waals surface area contributed by atoms with Gasteiger partial charge in [0, 0.05) is 29.7 Å². The highest BCUT2D eigenvalue weighted by Gasteiger charge is 2.34. The van der Waals surface area contributed by atoms with Crippen molar-refractivity contribution in [3.8, 4) is 0 Å². The van der Waals surface area contributed by atoms with Crippen molar-refractivity contribution in [2.75, 3.05) is 13.1 Å². The van der Waals surface area contributed by atoms with Crippen LogP contribution in [0.4, 0.5) is 0 Å². The summed E-state index contributed by atoms with van der Waals surface area (Å²) in [7, 11) is 0. The van der Waals surface area contributed by atoms with Crippen LogP contribution >= 0.6 is 0 Å². The van der Waals surface area contributed by atoms with Gasteiger partial charge in [-0.25, -0.2) is 0 Å². The number of likely N-dealkylation sites (tertiary alicyclic amines) is 1. The number of benzene rings is 1. The van der Waals surface area contributed by atoms with Crippen LogP contribution < -0.4 is 0 Å². The van der Waals surface area contributed by atoms with E-state index in [1.165, 1.54) is 4.90 Å². The van der Waals surface area contributed by atoms with Gasteiger partial charge in [0.05, 0.1) is 17.8 Å². The van der Waals surface area contributed by atoms with E-state index in [2.05, 4.69) is 4.98 Å². The van der Waals surface area contributed by atoms with Crippen molar-refractivity contribution >= 4 is 16.8 Å². The van der Waals surface area contributed by atoms with Gasteiger partial charge < -0.3 is 20.1 Å². The summed E-state index contributed by atoms with van der Waals surface area (Å²) >= 11 is 0. The molecular weight excluding hydrogens is 244 g/mol. The molecule has 3 rings (SSSR count). The monoisotopic (exact) mass is 260 g/mol. The lowest BCUT2D eigenvalue weighted by Crippen LogP contribution is -2.30. The van der Waals surface area contributed by atoms with E-state index in [0.29, 0.717) is 5.56 Å². The van der Waals surface area contributed by atoms with Gasteiger partial charge >= 0.3 is 0 Å². The van der Waals surface area contributed by atoms with Gasteiger partial charge in [-0.15, -0.1) is 0 Å². The zero-order valence-electron chi connectivity index (χ0n) is 10.6. The normalized spacial score (nSPS) is 23.2. The van der Waals surface area contributed by atoms with E-state index in [1.807, 2.05) is 31.2 Å². The molecule has 3 N–H and O–H groups in total. The number of nitrogens with zero attached hydrogens (tertiary/aromatic N) is 1. The number of hydrogen-bond donors (Lipinski definition) is 3. The number of fused-ring (bicyclic) bond motifs is 1. The van der Waals surface area contributed by atoms with Gasteiger partial charge in [-0.3, -0.25) is 4.79 Å². The molecule has 5 heteroatoms. The van der Waals surface area contributed by atoms with Crippen molar-refractivity contribution in [2.24, 2.45) is 0 Å². The molecule has 0 aliphatic carbocycles. The lowest BCUT2D eigenvalue weighted by atomic mass is 10.1. The molecule has 2 unspecified atom stereocenters. The Hall–Kier alpha value is -1.85. The number of aliphatic hydroxyl groups is 2. The molecule has 2 heterocycles. The van der Waals surface area contributed by atoms with E-state index < -0.39 is 12.2 Å². The largest absolute Gasteiger partial charge is 0.388 e. The van der Waals surface area contributed by atoms with Crippen molar-refractivity contribution < 1.29 is 15.0 Å². The first-order valence-electron chi connectivity index (χ1n) is 6.30. The van der Waals surface area contributed by atoms with Gasteiger partial charge in [0.1, 0.15) is 0 Å². The first-order valence-corrected chi connectivity index (χ1v) is 6.30. The van der Waals surface area contributed by atoms with Crippen LogP contribution in [0.5, 0.6) is 0 Å². The summed E-state index contributed by atoms with van der Waals surface area (Å²) in [5, 5.41) is 20.0. The molecule has 5 nitrogen and oxygen atoms in total. The van der Waals surface area contributed by atoms with Gasteiger partial charge in [-0.1, -0.05) is 18.2 Å². The molecule has 0 saturated carbocycles. The Kier molecular flexibility index (Phi) is 2.80. The van der Waals surface area contributed by atoms with Crippen molar-refractivity contribution in [3.05, 3.63) is 35.5 Å². The van der Waals surface area contributed by atoms with Gasteiger partial charge in [0.15, 0.2) is 0 Å². The molecular formula is C14H16N2O3. The lowest BCUT2D eigenvalue weighted by Gasteiger charge is -2.15. The fourth-order valence-corrected chi connectivity index (χ4v) is 2.65. The molecule has 1 aromatic heterocycles. The molecule has 1 fully saturated rings. The molecule has 2 atom stereocenters. The average molecular weight is 260 g/mol. The number of aromatic nitrogens is 1. The number of rotatable bonds is 1. The third kappa shape index (κ3) is 1.91. The fraction of sp³-hybridized carbons (Fsp3) is 0.357.